The number of thiocarbonyl (C=S) groups is 1. The Morgan fingerprint density at radius 1 is 1.19 bits per heavy atom. The Morgan fingerprint density at radius 2 is 1.95 bits per heavy atom. The summed E-state index contributed by atoms with van der Waals surface area (Å²) in [5.41, 5.74) is 3.90. The van der Waals surface area contributed by atoms with Crippen molar-refractivity contribution in [1.82, 2.24) is 15.2 Å². The molecule has 6 nitrogen and oxygen atoms in total. The van der Waals surface area contributed by atoms with Gasteiger partial charge in [-0.3, -0.25) is 9.53 Å². The molecule has 4 rings (SSSR count). The molecule has 228 valence electrons. The number of para-hydroxylation sites is 1. The van der Waals surface area contributed by atoms with E-state index < -0.39 is 13.0 Å². The topological polar surface area (TPSA) is 66.5 Å². The highest BCUT2D eigenvalue weighted by molar-refractivity contribution is 7.80. The maximum Gasteiger partial charge on any atom is 0.522 e. The standard InChI is InChI=1S/C31H39F3N4O2S2/c1-3-4-7-15-35-30(41)38-16-12-23(13-17-38)29-37-27(20-42-29)28(39)36-26-9-6-5-8-25(26)24-11-10-22(19-21(24)2)14-18-40-31(32,33)34/h5-6,8-11,20-21,23H,3-4,7,12-19H2,1-2H3,(H,35,41)(H,36,39). The number of nitrogens with zero attached hydrogens (tertiary/aromatic N) is 2. The summed E-state index contributed by atoms with van der Waals surface area (Å²) in [6, 6.07) is 7.59. The molecule has 1 aromatic heterocycles. The molecule has 2 heterocycles. The predicted octanol–water partition coefficient (Wildman–Crippen LogP) is 7.92. The van der Waals surface area contributed by atoms with E-state index in [1.165, 1.54) is 24.2 Å². The lowest BCUT2D eigenvalue weighted by Crippen LogP contribution is -2.44. The molecular formula is C31H39F3N4O2S2. The van der Waals surface area contributed by atoms with Crippen LogP contribution >= 0.6 is 23.6 Å². The molecule has 0 saturated carbocycles. The fourth-order valence-electron chi connectivity index (χ4n) is 5.40. The van der Waals surface area contributed by atoms with Gasteiger partial charge in [0.2, 0.25) is 0 Å². The molecule has 1 aromatic carbocycles. The quantitative estimate of drug-likeness (QED) is 0.197. The fourth-order valence-corrected chi connectivity index (χ4v) is 6.66. The van der Waals surface area contributed by atoms with E-state index in [1.54, 1.807) is 0 Å². The second-order valence-electron chi connectivity index (χ2n) is 10.9. The lowest BCUT2D eigenvalue weighted by Gasteiger charge is -2.33. The summed E-state index contributed by atoms with van der Waals surface area (Å²) >= 11 is 7.10. The number of aromatic nitrogens is 1. The van der Waals surface area contributed by atoms with Gasteiger partial charge in [0.05, 0.1) is 11.6 Å². The van der Waals surface area contributed by atoms with Crippen molar-refractivity contribution in [3.63, 3.8) is 0 Å². The van der Waals surface area contributed by atoms with E-state index in [0.29, 0.717) is 23.7 Å². The SMILES string of the molecule is CCCCCNC(=S)N1CCC(c2nc(C(=O)Nc3ccccc3C3=CC=C(CCOC(F)(F)F)CC3C)cs2)CC1. The maximum atomic E-state index is 13.2. The molecule has 0 radical (unpaired) electrons. The number of benzene rings is 1. The van der Waals surface area contributed by atoms with Crippen LogP contribution in [0.4, 0.5) is 18.9 Å². The van der Waals surface area contributed by atoms with Crippen molar-refractivity contribution in [3.8, 4) is 0 Å². The first kappa shape index (κ1) is 32.2. The number of piperidine rings is 1. The van der Waals surface area contributed by atoms with E-state index in [4.69, 9.17) is 17.2 Å². The first-order valence-electron chi connectivity index (χ1n) is 14.6. The van der Waals surface area contributed by atoms with Gasteiger partial charge >= 0.3 is 6.36 Å². The lowest BCUT2D eigenvalue weighted by atomic mass is 9.83. The number of ether oxygens (including phenoxy) is 1. The molecule has 1 unspecified atom stereocenters. The molecule has 1 fully saturated rings. The molecule has 2 N–H and O–H groups in total. The number of carbonyl (C=O) groups is 1. The van der Waals surface area contributed by atoms with Crippen LogP contribution in [0.3, 0.4) is 0 Å². The first-order chi connectivity index (χ1) is 20.1. The number of alkyl halides is 3. The number of hydrogen-bond acceptors (Lipinski definition) is 5. The summed E-state index contributed by atoms with van der Waals surface area (Å²) in [5, 5.41) is 10.0. The number of unbranched alkanes of at least 4 members (excludes halogenated alkanes) is 2. The van der Waals surface area contributed by atoms with Gasteiger partial charge in [-0.15, -0.1) is 24.5 Å². The van der Waals surface area contributed by atoms with Crippen molar-refractivity contribution < 1.29 is 22.7 Å². The highest BCUT2D eigenvalue weighted by Crippen LogP contribution is 2.37. The van der Waals surface area contributed by atoms with Crippen LogP contribution < -0.4 is 10.6 Å². The highest BCUT2D eigenvalue weighted by atomic mass is 32.1. The molecule has 11 heteroatoms. The number of nitrogens with one attached hydrogen (secondary N) is 2. The Bertz CT molecular complexity index is 1280. The van der Waals surface area contributed by atoms with Gasteiger partial charge in [-0.1, -0.05) is 62.6 Å². The summed E-state index contributed by atoms with van der Waals surface area (Å²) in [6.45, 7) is 6.49. The minimum atomic E-state index is -4.62. The molecule has 1 atom stereocenters. The van der Waals surface area contributed by atoms with E-state index in [9.17, 15) is 18.0 Å². The van der Waals surface area contributed by atoms with Crippen molar-refractivity contribution in [3.05, 3.63) is 63.6 Å². The summed E-state index contributed by atoms with van der Waals surface area (Å²) in [7, 11) is 0. The van der Waals surface area contributed by atoms with E-state index >= 15 is 0 Å². The number of carbonyl (C=O) groups excluding carboxylic acids is 1. The number of halogens is 3. The van der Waals surface area contributed by atoms with Gasteiger partial charge in [0.15, 0.2) is 5.11 Å². The minimum Gasteiger partial charge on any atom is -0.363 e. The molecule has 2 aliphatic rings. The van der Waals surface area contributed by atoms with E-state index in [2.05, 4.69) is 27.2 Å². The van der Waals surface area contributed by atoms with Gasteiger partial charge < -0.3 is 15.5 Å². The normalized spacial score (nSPS) is 17.9. The number of allylic oxidation sites excluding steroid dienone is 3. The molecule has 42 heavy (non-hydrogen) atoms. The Morgan fingerprint density at radius 3 is 2.67 bits per heavy atom. The third-order valence-electron chi connectivity index (χ3n) is 7.72. The number of rotatable bonds is 11. The van der Waals surface area contributed by atoms with Crippen molar-refractivity contribution in [1.29, 1.82) is 0 Å². The van der Waals surface area contributed by atoms with Gasteiger partial charge in [-0.25, -0.2) is 4.98 Å². The largest absolute Gasteiger partial charge is 0.522 e. The molecule has 2 aromatic rings. The Hall–Kier alpha value is -2.76. The molecule has 0 spiro atoms. The third-order valence-corrected chi connectivity index (χ3v) is 9.13. The number of amides is 1. The van der Waals surface area contributed by atoms with Crippen LogP contribution in [0.1, 0.15) is 85.8 Å². The number of hydrogen-bond donors (Lipinski definition) is 2. The van der Waals surface area contributed by atoms with E-state index in [1.807, 2.05) is 48.7 Å². The van der Waals surface area contributed by atoms with Crippen molar-refractivity contribution in [2.45, 2.75) is 71.1 Å². The van der Waals surface area contributed by atoms with Crippen LogP contribution in [-0.2, 0) is 4.74 Å². The fraction of sp³-hybridized carbons (Fsp3) is 0.516. The summed E-state index contributed by atoms with van der Waals surface area (Å²) in [6.07, 6.45) is 5.42. The molecule has 1 aliphatic heterocycles. The zero-order chi connectivity index (χ0) is 30.1. The van der Waals surface area contributed by atoms with Gasteiger partial charge in [0, 0.05) is 42.2 Å². The predicted molar refractivity (Wildman–Crippen MR) is 167 cm³/mol. The first-order valence-corrected chi connectivity index (χ1v) is 15.9. The van der Waals surface area contributed by atoms with Gasteiger partial charge in [-0.05, 0) is 61.9 Å². The monoisotopic (exact) mass is 620 g/mol. The zero-order valence-corrected chi connectivity index (χ0v) is 25.8. The molecule has 1 amide bonds. The zero-order valence-electron chi connectivity index (χ0n) is 24.1. The van der Waals surface area contributed by atoms with Gasteiger partial charge in [0.25, 0.3) is 5.91 Å². The van der Waals surface area contributed by atoms with Gasteiger partial charge in [-0.2, -0.15) is 0 Å². The Kier molecular flexibility index (Phi) is 11.6. The molecular weight excluding hydrogens is 581 g/mol. The average molecular weight is 621 g/mol. The van der Waals surface area contributed by atoms with Crippen LogP contribution in [0.2, 0.25) is 0 Å². The van der Waals surface area contributed by atoms with Crippen molar-refractivity contribution in [2.24, 2.45) is 5.92 Å². The average Bonchev–Trinajstić information content (AvgIpc) is 3.46. The van der Waals surface area contributed by atoms with Crippen LogP contribution in [0.25, 0.3) is 5.57 Å². The van der Waals surface area contributed by atoms with Crippen LogP contribution in [0, 0.1) is 5.92 Å². The minimum absolute atomic E-state index is 0.0742. The Balaban J connectivity index is 1.34. The summed E-state index contributed by atoms with van der Waals surface area (Å²) in [4.78, 5) is 20.2. The van der Waals surface area contributed by atoms with E-state index in [-0.39, 0.29) is 18.2 Å². The third kappa shape index (κ3) is 9.12. The molecule has 1 aliphatic carbocycles. The lowest BCUT2D eigenvalue weighted by molar-refractivity contribution is -0.324. The highest BCUT2D eigenvalue weighted by Gasteiger charge is 2.29. The van der Waals surface area contributed by atoms with Crippen LogP contribution in [0.15, 0.2) is 47.4 Å². The summed E-state index contributed by atoms with van der Waals surface area (Å²) in [5.74, 6) is 0.119. The molecule has 1 saturated heterocycles. The number of anilines is 1. The second kappa shape index (κ2) is 15.1. The van der Waals surface area contributed by atoms with E-state index in [0.717, 1.165) is 65.7 Å². The second-order valence-corrected chi connectivity index (χ2v) is 12.1. The van der Waals surface area contributed by atoms with Crippen molar-refractivity contribution in [2.75, 3.05) is 31.6 Å². The van der Waals surface area contributed by atoms with Crippen LogP contribution in [-0.4, -0.2) is 53.5 Å². The number of thiazole rings is 1. The number of likely N-dealkylation sites (tertiary alicyclic amines) is 1. The smallest absolute Gasteiger partial charge is 0.363 e. The van der Waals surface area contributed by atoms with Crippen LogP contribution in [0.5, 0.6) is 0 Å². The van der Waals surface area contributed by atoms with Crippen molar-refractivity contribution >= 4 is 45.8 Å². The Labute approximate surface area is 255 Å². The maximum absolute atomic E-state index is 13.2. The summed E-state index contributed by atoms with van der Waals surface area (Å²) < 4.78 is 40.9. The van der Waals surface area contributed by atoms with Gasteiger partial charge in [0.1, 0.15) is 5.69 Å². The molecule has 0 bridgehead atoms.